The van der Waals surface area contributed by atoms with Crippen LogP contribution in [-0.2, 0) is 19.7 Å². The number of aromatic nitrogens is 2. The molecule has 1 fully saturated rings. The van der Waals surface area contributed by atoms with E-state index in [0.29, 0.717) is 50.5 Å². The number of aromatic amines is 1. The van der Waals surface area contributed by atoms with E-state index in [1.807, 2.05) is 52.0 Å². The molecular weight excluding hydrogens is 559 g/mol. The fraction of sp³-hybridized carbons (Fsp3) is 0.267. The number of rotatable bonds is 5. The Morgan fingerprint density at radius 3 is 2.41 bits per heavy atom. The molecule has 3 heterocycles. The highest BCUT2D eigenvalue weighted by Gasteiger charge is 2.41. The van der Waals surface area contributed by atoms with Crippen LogP contribution in [0.3, 0.4) is 0 Å². The second-order valence-corrected chi connectivity index (χ2v) is 12.1. The van der Waals surface area contributed by atoms with Crippen molar-refractivity contribution in [3.63, 3.8) is 0 Å². The van der Waals surface area contributed by atoms with Gasteiger partial charge >= 0.3 is 5.97 Å². The Kier molecular flexibility index (Phi) is 7.18. The molecule has 4 aromatic rings. The quantitative estimate of drug-likeness (QED) is 0.191. The number of hydrogen-bond donors (Lipinski definition) is 1. The SMILES string of the molecule is CC(C)(C)OC(=O)/C=C/c1cccc2c1ccn2C(=O)c1c(-c2c(Cl)cc(Cl)cc2Cl)c[nH]c1C1(C)COC1. The van der Waals surface area contributed by atoms with Crippen LogP contribution in [0.2, 0.25) is 15.1 Å². The summed E-state index contributed by atoms with van der Waals surface area (Å²) < 4.78 is 12.5. The molecule has 0 bridgehead atoms. The van der Waals surface area contributed by atoms with Gasteiger partial charge in [-0.15, -0.1) is 0 Å². The van der Waals surface area contributed by atoms with Gasteiger partial charge in [-0.1, -0.05) is 46.9 Å². The summed E-state index contributed by atoms with van der Waals surface area (Å²) in [7, 11) is 0. The van der Waals surface area contributed by atoms with Crippen molar-refractivity contribution in [2.45, 2.75) is 38.7 Å². The number of nitrogens with zero attached hydrogens (tertiary/aromatic N) is 1. The molecular formula is C30H27Cl3N2O4. The van der Waals surface area contributed by atoms with E-state index in [1.54, 1.807) is 35.2 Å². The number of hydrogen-bond acceptors (Lipinski definition) is 4. The topological polar surface area (TPSA) is 73.3 Å². The fourth-order valence-electron chi connectivity index (χ4n) is 4.80. The molecule has 2 aromatic carbocycles. The summed E-state index contributed by atoms with van der Waals surface area (Å²) in [6.45, 7) is 8.43. The Balaban J connectivity index is 1.61. The molecule has 9 heteroatoms. The first-order chi connectivity index (χ1) is 18.4. The summed E-state index contributed by atoms with van der Waals surface area (Å²) in [4.78, 5) is 29.9. The fourth-order valence-corrected chi connectivity index (χ4v) is 5.82. The zero-order chi connectivity index (χ0) is 28.1. The van der Waals surface area contributed by atoms with Crippen LogP contribution in [0.25, 0.3) is 28.1 Å². The van der Waals surface area contributed by atoms with Crippen molar-refractivity contribution in [2.75, 3.05) is 13.2 Å². The number of ether oxygens (including phenoxy) is 2. The standard InChI is InChI=1S/C30H27Cl3N2O4/c1-29(2,3)39-24(36)9-8-17-6-5-7-23-19(17)10-11-35(23)28(37)26-20(14-34-27(26)30(4)15-38-16-30)25-21(32)12-18(31)13-22(25)33/h5-14,34H,15-16H2,1-4H3/b9-8+. The van der Waals surface area contributed by atoms with Crippen LogP contribution in [-0.4, -0.2) is 40.2 Å². The molecule has 0 radical (unpaired) electrons. The molecule has 1 N–H and O–H groups in total. The molecule has 5 rings (SSSR count). The van der Waals surface area contributed by atoms with Crippen molar-refractivity contribution >= 4 is 63.7 Å². The van der Waals surface area contributed by atoms with Crippen molar-refractivity contribution in [3.8, 4) is 11.1 Å². The van der Waals surface area contributed by atoms with E-state index in [2.05, 4.69) is 4.98 Å². The number of carbonyl (C=O) groups excluding carboxylic acids is 2. The van der Waals surface area contributed by atoms with Gasteiger partial charge in [-0.25, -0.2) is 4.79 Å². The summed E-state index contributed by atoms with van der Waals surface area (Å²) in [5, 5.41) is 1.90. The van der Waals surface area contributed by atoms with Crippen LogP contribution < -0.4 is 0 Å². The maximum absolute atomic E-state index is 14.3. The molecule has 0 spiro atoms. The maximum Gasteiger partial charge on any atom is 0.331 e. The molecule has 1 aliphatic rings. The van der Waals surface area contributed by atoms with Gasteiger partial charge in [0, 0.05) is 45.7 Å². The van der Waals surface area contributed by atoms with Gasteiger partial charge in [0.1, 0.15) is 5.60 Å². The van der Waals surface area contributed by atoms with Gasteiger partial charge < -0.3 is 14.5 Å². The Morgan fingerprint density at radius 1 is 1.10 bits per heavy atom. The monoisotopic (exact) mass is 584 g/mol. The summed E-state index contributed by atoms with van der Waals surface area (Å²) in [6.07, 6.45) is 6.57. The number of nitrogens with one attached hydrogen (secondary N) is 1. The summed E-state index contributed by atoms with van der Waals surface area (Å²) in [5.74, 6) is -0.691. The highest BCUT2D eigenvalue weighted by molar-refractivity contribution is 6.42. The molecule has 0 atom stereocenters. The molecule has 202 valence electrons. The van der Waals surface area contributed by atoms with Crippen molar-refractivity contribution in [2.24, 2.45) is 0 Å². The molecule has 1 aliphatic heterocycles. The first-order valence-electron chi connectivity index (χ1n) is 12.4. The van der Waals surface area contributed by atoms with Crippen molar-refractivity contribution < 1.29 is 19.1 Å². The number of halogens is 3. The van der Waals surface area contributed by atoms with Gasteiger partial charge in [-0.05, 0) is 63.6 Å². The maximum atomic E-state index is 14.3. The highest BCUT2D eigenvalue weighted by Crippen LogP contribution is 2.43. The number of H-pyrrole nitrogens is 1. The number of carbonyl (C=O) groups is 2. The average molecular weight is 586 g/mol. The van der Waals surface area contributed by atoms with Crippen molar-refractivity contribution in [1.82, 2.24) is 9.55 Å². The number of benzene rings is 2. The van der Waals surface area contributed by atoms with Crippen molar-refractivity contribution in [3.05, 3.63) is 86.8 Å². The minimum Gasteiger partial charge on any atom is -0.457 e. The van der Waals surface area contributed by atoms with Crippen LogP contribution >= 0.6 is 34.8 Å². The zero-order valence-electron chi connectivity index (χ0n) is 21.9. The smallest absolute Gasteiger partial charge is 0.331 e. The van der Waals surface area contributed by atoms with Crippen LogP contribution in [0.1, 0.15) is 49.3 Å². The Morgan fingerprint density at radius 2 is 1.79 bits per heavy atom. The van der Waals surface area contributed by atoms with E-state index < -0.39 is 11.6 Å². The van der Waals surface area contributed by atoms with Gasteiger partial charge in [-0.2, -0.15) is 0 Å². The summed E-state index contributed by atoms with van der Waals surface area (Å²) in [6, 6.07) is 10.6. The number of fused-ring (bicyclic) bond motifs is 1. The summed E-state index contributed by atoms with van der Waals surface area (Å²) >= 11 is 19.3. The largest absolute Gasteiger partial charge is 0.457 e. The van der Waals surface area contributed by atoms with E-state index in [0.717, 1.165) is 16.6 Å². The molecule has 0 unspecified atom stereocenters. The van der Waals surface area contributed by atoms with Gasteiger partial charge in [-0.3, -0.25) is 9.36 Å². The molecule has 2 aromatic heterocycles. The minimum atomic E-state index is -0.590. The molecule has 6 nitrogen and oxygen atoms in total. The van der Waals surface area contributed by atoms with Crippen LogP contribution in [0.5, 0.6) is 0 Å². The van der Waals surface area contributed by atoms with E-state index in [9.17, 15) is 9.59 Å². The van der Waals surface area contributed by atoms with E-state index >= 15 is 0 Å². The van der Waals surface area contributed by atoms with Crippen LogP contribution in [0.15, 0.2) is 54.9 Å². The first kappa shape index (κ1) is 27.5. The second-order valence-electron chi connectivity index (χ2n) is 10.9. The molecule has 1 saturated heterocycles. The number of esters is 1. The Hall–Kier alpha value is -3.03. The lowest BCUT2D eigenvalue weighted by Crippen LogP contribution is -2.45. The molecule has 0 saturated carbocycles. The van der Waals surface area contributed by atoms with E-state index in [4.69, 9.17) is 44.3 Å². The third-order valence-corrected chi connectivity index (χ3v) is 7.42. The average Bonchev–Trinajstić information content (AvgIpc) is 3.44. The predicted molar refractivity (Wildman–Crippen MR) is 156 cm³/mol. The third-order valence-electron chi connectivity index (χ3n) is 6.61. The zero-order valence-corrected chi connectivity index (χ0v) is 24.2. The lowest BCUT2D eigenvalue weighted by atomic mass is 9.81. The van der Waals surface area contributed by atoms with E-state index in [1.165, 1.54) is 6.08 Å². The van der Waals surface area contributed by atoms with Gasteiger partial charge in [0.15, 0.2) is 0 Å². The third kappa shape index (κ3) is 5.27. The van der Waals surface area contributed by atoms with Gasteiger partial charge in [0.2, 0.25) is 0 Å². The highest BCUT2D eigenvalue weighted by atomic mass is 35.5. The molecule has 39 heavy (non-hydrogen) atoms. The predicted octanol–water partition coefficient (Wildman–Crippen LogP) is 7.93. The normalized spacial score (nSPS) is 15.1. The first-order valence-corrected chi connectivity index (χ1v) is 13.5. The van der Waals surface area contributed by atoms with E-state index in [-0.39, 0.29) is 11.3 Å². The second kappa shape index (κ2) is 10.2. The lowest BCUT2D eigenvalue weighted by Gasteiger charge is -2.38. The molecule has 0 aliphatic carbocycles. The minimum absolute atomic E-state index is 0.250. The van der Waals surface area contributed by atoms with Gasteiger partial charge in [0.05, 0.1) is 39.8 Å². The van der Waals surface area contributed by atoms with Crippen molar-refractivity contribution in [1.29, 1.82) is 0 Å². The van der Waals surface area contributed by atoms with Gasteiger partial charge in [0.25, 0.3) is 5.91 Å². The van der Waals surface area contributed by atoms with Crippen LogP contribution in [0, 0.1) is 0 Å². The molecule has 0 amide bonds. The lowest BCUT2D eigenvalue weighted by molar-refractivity contribution is -0.148. The Bertz CT molecular complexity index is 1610. The summed E-state index contributed by atoms with van der Waals surface area (Å²) in [5.41, 5.74) is 2.81. The Labute approximate surface area is 241 Å². The van der Waals surface area contributed by atoms with Crippen LogP contribution in [0.4, 0.5) is 0 Å².